The highest BCUT2D eigenvalue weighted by Gasteiger charge is 2.13. The standard InChI is InChI=1S/C12H17O3P/c1-2-3-10-15-16(13,14)11-9-12-7-5-4-6-8-12/h4-9,11H,2-3,10H2,1H3,(H,13,14). The van der Waals surface area contributed by atoms with Gasteiger partial charge in [0.05, 0.1) is 6.61 Å². The van der Waals surface area contributed by atoms with Crippen LogP contribution in [0, 0.1) is 0 Å². The van der Waals surface area contributed by atoms with Crippen molar-refractivity contribution in [3.63, 3.8) is 0 Å². The van der Waals surface area contributed by atoms with Crippen molar-refractivity contribution >= 4 is 13.7 Å². The van der Waals surface area contributed by atoms with Crippen LogP contribution in [0.1, 0.15) is 25.3 Å². The van der Waals surface area contributed by atoms with E-state index in [1.165, 1.54) is 5.82 Å². The Morgan fingerprint density at radius 1 is 1.38 bits per heavy atom. The largest absolute Gasteiger partial charge is 0.351 e. The lowest BCUT2D eigenvalue weighted by Crippen LogP contribution is -1.89. The van der Waals surface area contributed by atoms with E-state index < -0.39 is 7.60 Å². The zero-order valence-electron chi connectivity index (χ0n) is 9.37. The Morgan fingerprint density at radius 3 is 2.69 bits per heavy atom. The molecular formula is C12H17O3P. The average Bonchev–Trinajstić information content (AvgIpc) is 2.28. The summed E-state index contributed by atoms with van der Waals surface area (Å²) in [5.41, 5.74) is 0.885. The Balaban J connectivity index is 2.52. The number of unbranched alkanes of at least 4 members (excludes halogenated alkanes) is 1. The van der Waals surface area contributed by atoms with Gasteiger partial charge >= 0.3 is 7.60 Å². The summed E-state index contributed by atoms with van der Waals surface area (Å²) in [6.07, 6.45) is 3.35. The van der Waals surface area contributed by atoms with Gasteiger partial charge < -0.3 is 9.42 Å². The van der Waals surface area contributed by atoms with Crippen LogP contribution in [0.5, 0.6) is 0 Å². The lowest BCUT2D eigenvalue weighted by atomic mass is 10.2. The van der Waals surface area contributed by atoms with Gasteiger partial charge in [-0.05, 0) is 18.1 Å². The third-order valence-corrected chi connectivity index (χ3v) is 3.11. The predicted molar refractivity (Wildman–Crippen MR) is 66.2 cm³/mol. The monoisotopic (exact) mass is 240 g/mol. The van der Waals surface area contributed by atoms with Crippen molar-refractivity contribution < 1.29 is 14.0 Å². The summed E-state index contributed by atoms with van der Waals surface area (Å²) in [5.74, 6) is 1.23. The van der Waals surface area contributed by atoms with Crippen LogP contribution in [0.15, 0.2) is 36.1 Å². The van der Waals surface area contributed by atoms with E-state index in [0.717, 1.165) is 18.4 Å². The van der Waals surface area contributed by atoms with Gasteiger partial charge in [0.25, 0.3) is 0 Å². The Labute approximate surface area is 96.3 Å². The minimum Gasteiger partial charge on any atom is -0.321 e. The molecule has 0 saturated heterocycles. The topological polar surface area (TPSA) is 46.5 Å². The average molecular weight is 240 g/mol. The second kappa shape index (κ2) is 6.64. The van der Waals surface area contributed by atoms with Gasteiger partial charge in [-0.2, -0.15) is 0 Å². The molecule has 0 amide bonds. The summed E-state index contributed by atoms with van der Waals surface area (Å²) in [6.45, 7) is 2.33. The van der Waals surface area contributed by atoms with E-state index in [9.17, 15) is 9.46 Å². The van der Waals surface area contributed by atoms with Gasteiger partial charge in [0.2, 0.25) is 0 Å². The molecule has 1 rings (SSSR count). The van der Waals surface area contributed by atoms with E-state index in [-0.39, 0.29) is 0 Å². The van der Waals surface area contributed by atoms with Gasteiger partial charge in [-0.1, -0.05) is 43.7 Å². The maximum absolute atomic E-state index is 11.5. The van der Waals surface area contributed by atoms with Gasteiger partial charge in [-0.3, -0.25) is 4.57 Å². The van der Waals surface area contributed by atoms with Crippen LogP contribution in [0.25, 0.3) is 6.08 Å². The summed E-state index contributed by atoms with van der Waals surface area (Å²) in [6, 6.07) is 9.37. The Hall–Kier alpha value is -0.890. The van der Waals surface area contributed by atoms with Crippen molar-refractivity contribution in [2.24, 2.45) is 0 Å². The quantitative estimate of drug-likeness (QED) is 0.609. The molecule has 0 aliphatic rings. The van der Waals surface area contributed by atoms with Crippen molar-refractivity contribution in [1.29, 1.82) is 0 Å². The van der Waals surface area contributed by atoms with Crippen LogP contribution in [0.4, 0.5) is 0 Å². The first-order valence-electron chi connectivity index (χ1n) is 5.35. The smallest absolute Gasteiger partial charge is 0.321 e. The van der Waals surface area contributed by atoms with Crippen LogP contribution in [-0.4, -0.2) is 11.5 Å². The number of hydrogen-bond donors (Lipinski definition) is 1. The molecule has 0 saturated carbocycles. The molecule has 1 atom stereocenters. The van der Waals surface area contributed by atoms with Gasteiger partial charge in [0, 0.05) is 5.82 Å². The fourth-order valence-electron chi connectivity index (χ4n) is 1.13. The van der Waals surface area contributed by atoms with Crippen LogP contribution < -0.4 is 0 Å². The SMILES string of the molecule is CCCCOP(=O)(O)C=Cc1ccccc1. The minimum absolute atomic E-state index is 0.323. The van der Waals surface area contributed by atoms with E-state index in [1.54, 1.807) is 6.08 Å². The van der Waals surface area contributed by atoms with Crippen LogP contribution in [0.2, 0.25) is 0 Å². The maximum Gasteiger partial charge on any atom is 0.351 e. The molecule has 16 heavy (non-hydrogen) atoms. The molecular weight excluding hydrogens is 223 g/mol. The van der Waals surface area contributed by atoms with Crippen molar-refractivity contribution in [2.45, 2.75) is 19.8 Å². The normalized spacial score (nSPS) is 15.1. The van der Waals surface area contributed by atoms with Crippen LogP contribution in [0.3, 0.4) is 0 Å². The number of rotatable bonds is 6. The maximum atomic E-state index is 11.5. The van der Waals surface area contributed by atoms with Gasteiger partial charge in [-0.25, -0.2) is 0 Å². The second-order valence-corrected chi connectivity index (χ2v) is 5.16. The second-order valence-electron chi connectivity index (χ2n) is 3.48. The molecule has 0 spiro atoms. The first-order chi connectivity index (χ1) is 7.64. The lowest BCUT2D eigenvalue weighted by molar-refractivity contribution is 0.263. The lowest BCUT2D eigenvalue weighted by Gasteiger charge is -2.06. The highest BCUT2D eigenvalue weighted by atomic mass is 31.2. The molecule has 1 N–H and O–H groups in total. The molecule has 88 valence electrons. The van der Waals surface area contributed by atoms with Crippen LogP contribution >= 0.6 is 7.60 Å². The van der Waals surface area contributed by atoms with Gasteiger partial charge in [-0.15, -0.1) is 0 Å². The summed E-state index contributed by atoms with van der Waals surface area (Å²) >= 11 is 0. The number of benzene rings is 1. The Morgan fingerprint density at radius 2 is 2.06 bits per heavy atom. The Bertz CT molecular complexity index is 373. The van der Waals surface area contributed by atoms with E-state index in [2.05, 4.69) is 0 Å². The predicted octanol–water partition coefficient (Wildman–Crippen LogP) is 3.66. The van der Waals surface area contributed by atoms with E-state index in [1.807, 2.05) is 37.3 Å². The van der Waals surface area contributed by atoms with Crippen molar-refractivity contribution in [2.75, 3.05) is 6.61 Å². The summed E-state index contributed by atoms with van der Waals surface area (Å²) in [4.78, 5) is 9.45. The van der Waals surface area contributed by atoms with Crippen LogP contribution in [-0.2, 0) is 9.09 Å². The van der Waals surface area contributed by atoms with E-state index in [4.69, 9.17) is 4.52 Å². The molecule has 1 unspecified atom stereocenters. The van der Waals surface area contributed by atoms with Crippen molar-refractivity contribution in [3.05, 3.63) is 41.7 Å². The Kier molecular flexibility index (Phi) is 5.47. The van der Waals surface area contributed by atoms with E-state index in [0.29, 0.717) is 6.61 Å². The fourth-order valence-corrected chi connectivity index (χ4v) is 1.96. The highest BCUT2D eigenvalue weighted by molar-refractivity contribution is 7.56. The highest BCUT2D eigenvalue weighted by Crippen LogP contribution is 2.44. The van der Waals surface area contributed by atoms with Crippen molar-refractivity contribution in [3.8, 4) is 0 Å². The first-order valence-corrected chi connectivity index (χ1v) is 7.00. The first kappa shape index (κ1) is 13.2. The third-order valence-electron chi connectivity index (χ3n) is 2.03. The fraction of sp³-hybridized carbons (Fsp3) is 0.333. The summed E-state index contributed by atoms with van der Waals surface area (Å²) in [7, 11) is -3.57. The number of hydrogen-bond acceptors (Lipinski definition) is 2. The molecule has 0 aromatic heterocycles. The van der Waals surface area contributed by atoms with Gasteiger partial charge in [0.1, 0.15) is 0 Å². The minimum atomic E-state index is -3.57. The molecule has 0 radical (unpaired) electrons. The molecule has 0 aliphatic carbocycles. The molecule has 0 heterocycles. The third kappa shape index (κ3) is 5.26. The van der Waals surface area contributed by atoms with Gasteiger partial charge in [0.15, 0.2) is 0 Å². The zero-order valence-corrected chi connectivity index (χ0v) is 10.3. The summed E-state index contributed by atoms with van der Waals surface area (Å²) < 4.78 is 16.4. The molecule has 1 aromatic carbocycles. The van der Waals surface area contributed by atoms with Crippen molar-refractivity contribution in [1.82, 2.24) is 0 Å². The molecule has 3 nitrogen and oxygen atoms in total. The molecule has 1 aromatic rings. The molecule has 0 aliphatic heterocycles. The zero-order chi connectivity index (χ0) is 11.9. The molecule has 4 heteroatoms. The van der Waals surface area contributed by atoms with E-state index >= 15 is 0 Å². The molecule has 0 bridgehead atoms. The summed E-state index contributed by atoms with van der Waals surface area (Å²) in [5, 5.41) is 0. The molecule has 0 fully saturated rings.